The summed E-state index contributed by atoms with van der Waals surface area (Å²) in [7, 11) is 2.13. The van der Waals surface area contributed by atoms with Gasteiger partial charge in [0.2, 0.25) is 0 Å². The molecular weight excluding hydrogens is 274 g/mol. The van der Waals surface area contributed by atoms with Crippen LogP contribution in [-0.2, 0) is 0 Å². The van der Waals surface area contributed by atoms with Crippen LogP contribution in [0.2, 0.25) is 0 Å². The van der Waals surface area contributed by atoms with E-state index >= 15 is 0 Å². The zero-order chi connectivity index (χ0) is 15.6. The van der Waals surface area contributed by atoms with E-state index in [-0.39, 0.29) is 5.60 Å². The molecule has 1 aromatic carbocycles. The van der Waals surface area contributed by atoms with Gasteiger partial charge >= 0.3 is 0 Å². The van der Waals surface area contributed by atoms with E-state index in [0.717, 1.165) is 48.3 Å². The van der Waals surface area contributed by atoms with Crippen LogP contribution in [0.4, 0.5) is 5.69 Å². The highest BCUT2D eigenvalue weighted by Gasteiger charge is 2.22. The number of ether oxygens (including phenoxy) is 1. The highest BCUT2D eigenvalue weighted by Crippen LogP contribution is 2.37. The summed E-state index contributed by atoms with van der Waals surface area (Å²) in [5, 5.41) is 1.04. The summed E-state index contributed by atoms with van der Waals surface area (Å²) >= 11 is 0. The van der Waals surface area contributed by atoms with Gasteiger partial charge in [-0.3, -0.25) is 9.98 Å². The maximum absolute atomic E-state index is 6.30. The lowest BCUT2D eigenvalue weighted by Crippen LogP contribution is -2.30. The van der Waals surface area contributed by atoms with E-state index in [2.05, 4.69) is 36.8 Å². The van der Waals surface area contributed by atoms with Crippen LogP contribution in [0.1, 0.15) is 26.7 Å². The van der Waals surface area contributed by atoms with Crippen molar-refractivity contribution in [3.63, 3.8) is 0 Å². The third-order valence-corrected chi connectivity index (χ3v) is 4.04. The molecule has 2 aromatic rings. The lowest BCUT2D eigenvalue weighted by Gasteiger charge is -2.27. The lowest BCUT2D eigenvalue weighted by molar-refractivity contribution is 0.0951. The molecule has 3 rings (SSSR count). The SMILES string of the molecule is CN1CC=Nc2c(ccc3ncccc23)OC(C)(C)CCC1. The molecule has 0 N–H and O–H groups in total. The number of hydrogen-bond acceptors (Lipinski definition) is 4. The van der Waals surface area contributed by atoms with E-state index in [4.69, 9.17) is 9.73 Å². The van der Waals surface area contributed by atoms with Gasteiger partial charge in [-0.25, -0.2) is 0 Å². The van der Waals surface area contributed by atoms with Gasteiger partial charge in [0.1, 0.15) is 17.0 Å². The van der Waals surface area contributed by atoms with Crippen LogP contribution in [0.25, 0.3) is 10.9 Å². The molecule has 1 aliphatic rings. The van der Waals surface area contributed by atoms with E-state index in [1.165, 1.54) is 0 Å². The third-order valence-electron chi connectivity index (χ3n) is 4.04. The molecule has 116 valence electrons. The molecule has 0 aliphatic carbocycles. The Labute approximate surface area is 131 Å². The monoisotopic (exact) mass is 297 g/mol. The number of fused-ring (bicyclic) bond motifs is 3. The van der Waals surface area contributed by atoms with E-state index in [1.54, 1.807) is 0 Å². The van der Waals surface area contributed by atoms with Crippen LogP contribution in [-0.4, -0.2) is 41.8 Å². The fraction of sp³-hybridized carbons (Fsp3) is 0.444. The van der Waals surface area contributed by atoms with Crippen LogP contribution in [0.15, 0.2) is 35.5 Å². The molecule has 4 nitrogen and oxygen atoms in total. The second-order valence-corrected chi connectivity index (χ2v) is 6.52. The Hall–Kier alpha value is -1.94. The Morgan fingerprint density at radius 3 is 2.95 bits per heavy atom. The molecule has 0 saturated heterocycles. The maximum atomic E-state index is 6.30. The molecule has 0 bridgehead atoms. The molecule has 0 amide bonds. The van der Waals surface area contributed by atoms with Gasteiger partial charge in [-0.05, 0) is 64.5 Å². The van der Waals surface area contributed by atoms with Gasteiger partial charge in [0.15, 0.2) is 0 Å². The number of hydrogen-bond donors (Lipinski definition) is 0. The predicted octanol–water partition coefficient (Wildman–Crippen LogP) is 3.82. The average Bonchev–Trinajstić information content (AvgIpc) is 2.50. The second-order valence-electron chi connectivity index (χ2n) is 6.52. The van der Waals surface area contributed by atoms with Crippen LogP contribution in [0.3, 0.4) is 0 Å². The molecule has 0 unspecified atom stereocenters. The van der Waals surface area contributed by atoms with E-state index in [0.29, 0.717) is 0 Å². The van der Waals surface area contributed by atoms with E-state index in [9.17, 15) is 0 Å². The second kappa shape index (κ2) is 6.05. The highest BCUT2D eigenvalue weighted by molar-refractivity contribution is 5.94. The standard InChI is InChI=1S/C18H23N3O/c1-18(2)9-5-12-21(3)13-11-20-17-14-6-4-10-19-15(14)7-8-16(17)22-18/h4,6-8,10-11H,5,9,12-13H2,1-3H3. The molecule has 0 radical (unpaired) electrons. The summed E-state index contributed by atoms with van der Waals surface area (Å²) in [4.78, 5) is 11.4. The molecule has 0 fully saturated rings. The Morgan fingerprint density at radius 1 is 1.23 bits per heavy atom. The quantitative estimate of drug-likeness (QED) is 0.742. The van der Waals surface area contributed by atoms with Crippen LogP contribution >= 0.6 is 0 Å². The van der Waals surface area contributed by atoms with Gasteiger partial charge in [-0.1, -0.05) is 0 Å². The maximum Gasteiger partial charge on any atom is 0.146 e. The van der Waals surface area contributed by atoms with Gasteiger partial charge in [0, 0.05) is 24.3 Å². The summed E-state index contributed by atoms with van der Waals surface area (Å²) in [6.07, 6.45) is 5.90. The summed E-state index contributed by atoms with van der Waals surface area (Å²) in [5.74, 6) is 0.839. The zero-order valence-corrected chi connectivity index (χ0v) is 13.5. The first-order valence-electron chi connectivity index (χ1n) is 7.83. The number of aromatic nitrogens is 1. The summed E-state index contributed by atoms with van der Waals surface area (Å²) in [5.41, 5.74) is 1.63. The van der Waals surface area contributed by atoms with Crippen molar-refractivity contribution in [2.24, 2.45) is 4.99 Å². The first kappa shape index (κ1) is 15.0. The third kappa shape index (κ3) is 3.28. The van der Waals surface area contributed by atoms with Crippen molar-refractivity contribution < 1.29 is 4.74 Å². The predicted molar refractivity (Wildman–Crippen MR) is 91.3 cm³/mol. The number of benzene rings is 1. The van der Waals surface area contributed by atoms with Gasteiger partial charge in [0.05, 0.1) is 5.52 Å². The van der Waals surface area contributed by atoms with Crippen molar-refractivity contribution in [1.29, 1.82) is 0 Å². The van der Waals surface area contributed by atoms with Crippen molar-refractivity contribution in [3.8, 4) is 5.75 Å². The number of nitrogens with zero attached hydrogens (tertiary/aromatic N) is 3. The Morgan fingerprint density at radius 2 is 2.09 bits per heavy atom. The first-order valence-corrected chi connectivity index (χ1v) is 7.83. The Kier molecular flexibility index (Phi) is 4.12. The van der Waals surface area contributed by atoms with Crippen molar-refractivity contribution in [1.82, 2.24) is 9.88 Å². The average molecular weight is 297 g/mol. The zero-order valence-electron chi connectivity index (χ0n) is 13.5. The molecular formula is C18H23N3O. The molecule has 4 heteroatoms. The van der Waals surface area contributed by atoms with Gasteiger partial charge < -0.3 is 9.64 Å². The van der Waals surface area contributed by atoms with Crippen LogP contribution < -0.4 is 4.74 Å². The van der Waals surface area contributed by atoms with E-state index in [1.807, 2.05) is 30.6 Å². The van der Waals surface area contributed by atoms with Crippen LogP contribution in [0.5, 0.6) is 5.75 Å². The smallest absolute Gasteiger partial charge is 0.146 e. The molecule has 2 heterocycles. The molecule has 22 heavy (non-hydrogen) atoms. The van der Waals surface area contributed by atoms with Gasteiger partial charge in [-0.15, -0.1) is 0 Å². The minimum atomic E-state index is -0.203. The van der Waals surface area contributed by atoms with Crippen molar-refractivity contribution in [2.75, 3.05) is 20.1 Å². The molecule has 0 saturated carbocycles. The van der Waals surface area contributed by atoms with Crippen LogP contribution in [0, 0.1) is 0 Å². The van der Waals surface area contributed by atoms with Gasteiger partial charge in [-0.2, -0.15) is 0 Å². The minimum absolute atomic E-state index is 0.203. The van der Waals surface area contributed by atoms with Crippen molar-refractivity contribution in [2.45, 2.75) is 32.3 Å². The van der Waals surface area contributed by atoms with Gasteiger partial charge in [0.25, 0.3) is 0 Å². The molecule has 1 aliphatic heterocycles. The fourth-order valence-electron chi connectivity index (χ4n) is 2.82. The number of aliphatic imine (C=N–C) groups is 1. The summed E-state index contributed by atoms with van der Waals surface area (Å²) < 4.78 is 6.30. The Bertz CT molecular complexity index is 694. The summed E-state index contributed by atoms with van der Waals surface area (Å²) in [6, 6.07) is 8.00. The first-order chi connectivity index (χ1) is 10.6. The summed E-state index contributed by atoms with van der Waals surface area (Å²) in [6.45, 7) is 6.19. The number of pyridine rings is 1. The molecule has 0 atom stereocenters. The normalized spacial score (nSPS) is 19.2. The Balaban J connectivity index is 2.11. The molecule has 0 spiro atoms. The van der Waals surface area contributed by atoms with Crippen molar-refractivity contribution >= 4 is 22.8 Å². The number of rotatable bonds is 0. The highest BCUT2D eigenvalue weighted by atomic mass is 16.5. The lowest BCUT2D eigenvalue weighted by atomic mass is 10.0. The van der Waals surface area contributed by atoms with Crippen molar-refractivity contribution in [3.05, 3.63) is 30.5 Å². The van der Waals surface area contributed by atoms with E-state index < -0.39 is 0 Å². The molecule has 1 aromatic heterocycles. The fourth-order valence-corrected chi connectivity index (χ4v) is 2.82. The minimum Gasteiger partial charge on any atom is -0.486 e. The largest absolute Gasteiger partial charge is 0.486 e. The topological polar surface area (TPSA) is 37.7 Å².